The van der Waals surface area contributed by atoms with Crippen LogP contribution in [-0.2, 0) is 28.5 Å². The summed E-state index contributed by atoms with van der Waals surface area (Å²) in [6.07, 6.45) is -7.66. The molecule has 2 aliphatic heterocycles. The number of aliphatic hydroxyl groups excluding tert-OH is 4. The maximum absolute atomic E-state index is 11.6. The minimum Gasteiger partial charge on any atom is -0.478 e. The Labute approximate surface area is 166 Å². The maximum atomic E-state index is 11.6. The zero-order valence-corrected chi connectivity index (χ0v) is 16.0. The molecule has 0 aromatic rings. The first-order valence-electron chi connectivity index (χ1n) is 9.37. The lowest BCUT2D eigenvalue weighted by atomic mass is 9.83. The van der Waals surface area contributed by atoms with E-state index in [2.05, 4.69) is 0 Å². The number of carbonyl (C=O) groups is 2. The van der Waals surface area contributed by atoms with Gasteiger partial charge in [-0.25, -0.2) is 4.79 Å². The monoisotopic (exact) mass is 418 g/mol. The molecule has 11 heteroatoms. The number of hydrogen-bond donors (Lipinski definition) is 5. The Morgan fingerprint density at radius 1 is 1.17 bits per heavy atom. The van der Waals surface area contributed by atoms with Crippen LogP contribution >= 0.6 is 0 Å². The molecule has 0 aromatic carbocycles. The summed E-state index contributed by atoms with van der Waals surface area (Å²) in [4.78, 5) is 23.0. The molecule has 3 aliphatic rings. The molecule has 0 spiro atoms. The van der Waals surface area contributed by atoms with Gasteiger partial charge in [0.05, 0.1) is 18.4 Å². The molecule has 0 aromatic heterocycles. The third-order valence-electron chi connectivity index (χ3n) is 5.87. The summed E-state index contributed by atoms with van der Waals surface area (Å²) in [5.41, 5.74) is 0.0187. The largest absolute Gasteiger partial charge is 0.478 e. The highest BCUT2D eigenvalue weighted by atomic mass is 16.8. The lowest BCUT2D eigenvalue weighted by Crippen LogP contribution is -2.60. The van der Waals surface area contributed by atoms with E-state index in [4.69, 9.17) is 18.9 Å². The van der Waals surface area contributed by atoms with Gasteiger partial charge < -0.3 is 44.5 Å². The van der Waals surface area contributed by atoms with Crippen LogP contribution in [0.25, 0.3) is 0 Å². The first-order chi connectivity index (χ1) is 13.6. The van der Waals surface area contributed by atoms with E-state index in [1.807, 2.05) is 0 Å². The van der Waals surface area contributed by atoms with Crippen molar-refractivity contribution in [2.45, 2.75) is 63.4 Å². The van der Waals surface area contributed by atoms with Crippen LogP contribution < -0.4 is 0 Å². The molecule has 1 aliphatic carbocycles. The van der Waals surface area contributed by atoms with E-state index in [9.17, 15) is 35.1 Å². The van der Waals surface area contributed by atoms with E-state index in [-0.39, 0.29) is 17.9 Å². The van der Waals surface area contributed by atoms with Crippen LogP contribution in [0.5, 0.6) is 0 Å². The average molecular weight is 418 g/mol. The van der Waals surface area contributed by atoms with E-state index in [1.54, 1.807) is 6.92 Å². The summed E-state index contributed by atoms with van der Waals surface area (Å²) < 4.78 is 21.8. The number of carbonyl (C=O) groups excluding carboxylic acids is 1. The Kier molecular flexibility index (Phi) is 6.46. The quantitative estimate of drug-likeness (QED) is 0.323. The van der Waals surface area contributed by atoms with Gasteiger partial charge in [0.2, 0.25) is 6.29 Å². The van der Waals surface area contributed by atoms with Crippen LogP contribution in [0.1, 0.15) is 20.3 Å². The lowest BCUT2D eigenvalue weighted by Gasteiger charge is -2.43. The maximum Gasteiger partial charge on any atom is 0.334 e. The summed E-state index contributed by atoms with van der Waals surface area (Å²) >= 11 is 0. The van der Waals surface area contributed by atoms with Crippen molar-refractivity contribution < 1.29 is 54.1 Å². The van der Waals surface area contributed by atoms with Gasteiger partial charge in [-0.3, -0.25) is 4.79 Å². The predicted molar refractivity (Wildman–Crippen MR) is 91.8 cm³/mol. The summed E-state index contributed by atoms with van der Waals surface area (Å²) in [5, 5.41) is 48.8. The molecule has 0 unspecified atom stereocenters. The molecule has 5 N–H and O–H groups in total. The van der Waals surface area contributed by atoms with Crippen molar-refractivity contribution >= 4 is 11.9 Å². The smallest absolute Gasteiger partial charge is 0.334 e. The number of carboxylic acids is 1. The van der Waals surface area contributed by atoms with Gasteiger partial charge in [0.15, 0.2) is 6.29 Å². The SMILES string of the molecule is CC(=O)O[C@H]1C[C@@H]2C(C(=O)O)=CO[C@@H](O[C@@H]3O[C@H](CO)[C@@H](O)[C@H](O)[C@H]3O)[C@@H]2[C@H]1C. The molecule has 1 saturated carbocycles. The van der Waals surface area contributed by atoms with E-state index >= 15 is 0 Å². The van der Waals surface area contributed by atoms with E-state index < -0.39 is 73.5 Å². The molecule has 2 heterocycles. The number of hydrogen-bond acceptors (Lipinski definition) is 10. The van der Waals surface area contributed by atoms with Crippen LogP contribution in [-0.4, -0.2) is 87.2 Å². The first kappa shape index (κ1) is 21.9. The highest BCUT2D eigenvalue weighted by molar-refractivity contribution is 5.87. The van der Waals surface area contributed by atoms with Crippen molar-refractivity contribution in [3.63, 3.8) is 0 Å². The van der Waals surface area contributed by atoms with Gasteiger partial charge in [0, 0.05) is 24.7 Å². The van der Waals surface area contributed by atoms with Gasteiger partial charge in [-0.15, -0.1) is 0 Å². The molecule has 164 valence electrons. The molecule has 11 nitrogen and oxygen atoms in total. The second-order valence-corrected chi connectivity index (χ2v) is 7.64. The number of aliphatic hydroxyl groups is 4. The standard InChI is InChI=1S/C18H26O11/c1-6-10(27-7(2)20)3-8-9(16(24)25)5-26-17(12(6)8)29-18-15(23)14(22)13(21)11(4-19)28-18/h5-6,8,10-15,17-19,21-23H,3-4H2,1-2H3,(H,24,25)/t6-,8+,10-,11+,12+,13+,14-,15+,17-,18-/m0/s1. The Morgan fingerprint density at radius 3 is 2.45 bits per heavy atom. The molecule has 1 saturated heterocycles. The van der Waals surface area contributed by atoms with Crippen LogP contribution in [0.15, 0.2) is 11.8 Å². The molecular weight excluding hydrogens is 392 g/mol. The Balaban J connectivity index is 1.82. The van der Waals surface area contributed by atoms with Crippen molar-refractivity contribution in [1.82, 2.24) is 0 Å². The molecule has 0 amide bonds. The Hall–Kier alpha value is -1.76. The second kappa shape index (κ2) is 8.54. The van der Waals surface area contributed by atoms with Gasteiger partial charge in [-0.05, 0) is 6.42 Å². The van der Waals surface area contributed by atoms with Crippen molar-refractivity contribution in [2.24, 2.45) is 17.8 Å². The normalized spacial score (nSPS) is 44.4. The van der Waals surface area contributed by atoms with Gasteiger partial charge in [0.1, 0.15) is 30.5 Å². The van der Waals surface area contributed by atoms with E-state index in [0.717, 1.165) is 6.26 Å². The number of rotatable bonds is 5. The van der Waals surface area contributed by atoms with Crippen molar-refractivity contribution in [1.29, 1.82) is 0 Å². The third kappa shape index (κ3) is 4.11. The fraction of sp³-hybridized carbons (Fsp3) is 0.778. The van der Waals surface area contributed by atoms with Crippen LogP contribution in [0.4, 0.5) is 0 Å². The zero-order valence-electron chi connectivity index (χ0n) is 16.0. The number of ether oxygens (including phenoxy) is 4. The van der Waals surface area contributed by atoms with Gasteiger partial charge in [-0.2, -0.15) is 0 Å². The molecule has 10 atom stereocenters. The van der Waals surface area contributed by atoms with Crippen LogP contribution in [0, 0.1) is 17.8 Å². The van der Waals surface area contributed by atoms with Crippen LogP contribution in [0.2, 0.25) is 0 Å². The van der Waals surface area contributed by atoms with Gasteiger partial charge >= 0.3 is 11.9 Å². The average Bonchev–Trinajstić information content (AvgIpc) is 2.98. The van der Waals surface area contributed by atoms with Crippen molar-refractivity contribution in [3.8, 4) is 0 Å². The van der Waals surface area contributed by atoms with Crippen molar-refractivity contribution in [3.05, 3.63) is 11.8 Å². The number of aliphatic carboxylic acids is 1. The third-order valence-corrected chi connectivity index (χ3v) is 5.87. The van der Waals surface area contributed by atoms with Crippen molar-refractivity contribution in [2.75, 3.05) is 6.61 Å². The summed E-state index contributed by atoms with van der Waals surface area (Å²) in [6.45, 7) is 2.42. The van der Waals surface area contributed by atoms with Gasteiger partial charge in [-0.1, -0.05) is 6.92 Å². The first-order valence-corrected chi connectivity index (χ1v) is 9.37. The fourth-order valence-corrected chi connectivity index (χ4v) is 4.34. The Morgan fingerprint density at radius 2 is 1.86 bits per heavy atom. The molecular formula is C18H26O11. The highest BCUT2D eigenvalue weighted by Crippen LogP contribution is 2.48. The summed E-state index contributed by atoms with van der Waals surface area (Å²) in [7, 11) is 0. The highest BCUT2D eigenvalue weighted by Gasteiger charge is 2.54. The molecule has 29 heavy (non-hydrogen) atoms. The summed E-state index contributed by atoms with van der Waals surface area (Å²) in [5.74, 6) is -3.06. The summed E-state index contributed by atoms with van der Waals surface area (Å²) in [6, 6.07) is 0. The minimum atomic E-state index is -1.62. The minimum absolute atomic E-state index is 0.0187. The molecule has 2 fully saturated rings. The second-order valence-electron chi connectivity index (χ2n) is 7.64. The molecule has 3 rings (SSSR count). The van der Waals surface area contributed by atoms with Crippen LogP contribution in [0.3, 0.4) is 0 Å². The zero-order chi connectivity index (χ0) is 21.5. The number of esters is 1. The lowest BCUT2D eigenvalue weighted by molar-refractivity contribution is -0.342. The van der Waals surface area contributed by atoms with Gasteiger partial charge in [0.25, 0.3) is 0 Å². The predicted octanol–water partition coefficient (Wildman–Crippen LogP) is -1.67. The Bertz CT molecular complexity index is 662. The topological polar surface area (TPSA) is 172 Å². The number of fused-ring (bicyclic) bond motifs is 1. The molecule has 0 radical (unpaired) electrons. The van der Waals surface area contributed by atoms with E-state index in [1.165, 1.54) is 6.92 Å². The number of carboxylic acid groups (broad SMARTS) is 1. The van der Waals surface area contributed by atoms with E-state index in [0.29, 0.717) is 0 Å². The molecule has 0 bridgehead atoms. The fourth-order valence-electron chi connectivity index (χ4n) is 4.34.